The van der Waals surface area contributed by atoms with Crippen LogP contribution in [0.4, 0.5) is 0 Å². The highest BCUT2D eigenvalue weighted by Gasteiger charge is 2.12. The molecule has 4 nitrogen and oxygen atoms in total. The van der Waals surface area contributed by atoms with Crippen molar-refractivity contribution in [3.05, 3.63) is 70.8 Å². The molecule has 0 aliphatic carbocycles. The fourth-order valence-electron chi connectivity index (χ4n) is 2.43. The average molecular weight is 372 g/mol. The summed E-state index contributed by atoms with van der Waals surface area (Å²) < 4.78 is 2.92. The van der Waals surface area contributed by atoms with E-state index in [0.717, 1.165) is 27.0 Å². The van der Waals surface area contributed by atoms with Gasteiger partial charge in [-0.15, -0.1) is 0 Å². The molecular formula is C18H18BrN3O. The van der Waals surface area contributed by atoms with Crippen LogP contribution in [0.25, 0.3) is 16.9 Å². The van der Waals surface area contributed by atoms with Crippen LogP contribution in [0.3, 0.4) is 0 Å². The minimum absolute atomic E-state index is 0.124. The molecule has 5 heteroatoms. The van der Waals surface area contributed by atoms with E-state index in [-0.39, 0.29) is 6.61 Å². The molecule has 0 radical (unpaired) electrons. The van der Waals surface area contributed by atoms with E-state index in [0.29, 0.717) is 13.1 Å². The van der Waals surface area contributed by atoms with Gasteiger partial charge in [0.1, 0.15) is 0 Å². The van der Waals surface area contributed by atoms with Gasteiger partial charge in [0.05, 0.1) is 18.0 Å². The van der Waals surface area contributed by atoms with E-state index in [4.69, 9.17) is 10.2 Å². The van der Waals surface area contributed by atoms with Crippen LogP contribution in [-0.4, -0.2) is 28.0 Å². The Kier molecular flexibility index (Phi) is 5.23. The third kappa shape index (κ3) is 3.88. The molecule has 0 aliphatic heterocycles. The Morgan fingerprint density at radius 2 is 1.91 bits per heavy atom. The van der Waals surface area contributed by atoms with Gasteiger partial charge >= 0.3 is 0 Å². The first-order valence-corrected chi connectivity index (χ1v) is 8.29. The van der Waals surface area contributed by atoms with Crippen molar-refractivity contribution in [2.24, 2.45) is 0 Å². The second-order valence-corrected chi connectivity index (χ2v) is 6.11. The number of hydrogen-bond acceptors (Lipinski definition) is 3. The number of para-hydroxylation sites is 1. The van der Waals surface area contributed by atoms with Gasteiger partial charge in [-0.2, -0.15) is 5.10 Å². The van der Waals surface area contributed by atoms with Crippen molar-refractivity contribution in [3.8, 4) is 16.9 Å². The molecular weight excluding hydrogens is 354 g/mol. The van der Waals surface area contributed by atoms with Crippen molar-refractivity contribution in [2.45, 2.75) is 6.54 Å². The van der Waals surface area contributed by atoms with E-state index in [1.165, 1.54) is 0 Å². The van der Waals surface area contributed by atoms with E-state index < -0.39 is 0 Å². The van der Waals surface area contributed by atoms with Gasteiger partial charge in [-0.25, -0.2) is 4.68 Å². The first kappa shape index (κ1) is 15.9. The predicted molar refractivity (Wildman–Crippen MR) is 95.5 cm³/mol. The number of nitrogens with zero attached hydrogens (tertiary/aromatic N) is 2. The molecule has 0 amide bonds. The van der Waals surface area contributed by atoms with Crippen molar-refractivity contribution >= 4 is 15.9 Å². The van der Waals surface area contributed by atoms with E-state index in [2.05, 4.69) is 33.4 Å². The minimum atomic E-state index is 0.124. The maximum absolute atomic E-state index is 8.96. The monoisotopic (exact) mass is 371 g/mol. The van der Waals surface area contributed by atoms with E-state index in [1.807, 2.05) is 53.3 Å². The zero-order chi connectivity index (χ0) is 16.1. The number of halogens is 1. The van der Waals surface area contributed by atoms with Gasteiger partial charge in [0.25, 0.3) is 0 Å². The smallest absolute Gasteiger partial charge is 0.0972 e. The van der Waals surface area contributed by atoms with Gasteiger partial charge in [-0.3, -0.25) is 0 Å². The number of benzene rings is 2. The Morgan fingerprint density at radius 3 is 2.65 bits per heavy atom. The minimum Gasteiger partial charge on any atom is -0.395 e. The van der Waals surface area contributed by atoms with Crippen LogP contribution in [0.5, 0.6) is 0 Å². The van der Waals surface area contributed by atoms with Crippen molar-refractivity contribution in [2.75, 3.05) is 13.2 Å². The molecule has 0 saturated carbocycles. The lowest BCUT2D eigenvalue weighted by Gasteiger charge is -2.04. The van der Waals surface area contributed by atoms with Crippen molar-refractivity contribution < 1.29 is 5.11 Å². The summed E-state index contributed by atoms with van der Waals surface area (Å²) in [4.78, 5) is 0. The van der Waals surface area contributed by atoms with Crippen LogP contribution < -0.4 is 5.32 Å². The Labute approximate surface area is 143 Å². The largest absolute Gasteiger partial charge is 0.395 e. The topological polar surface area (TPSA) is 50.1 Å². The second kappa shape index (κ2) is 7.55. The van der Waals surface area contributed by atoms with E-state index in [1.54, 1.807) is 0 Å². The number of nitrogens with one attached hydrogen (secondary N) is 1. The molecule has 0 aliphatic rings. The van der Waals surface area contributed by atoms with Crippen LogP contribution in [-0.2, 0) is 6.54 Å². The first-order chi connectivity index (χ1) is 11.3. The lowest BCUT2D eigenvalue weighted by Crippen LogP contribution is -2.17. The standard InChI is InChI=1S/C18H18BrN3O/c19-16-6-4-5-14(11-16)18-15(12-20-9-10-23)13-22(21-18)17-7-2-1-3-8-17/h1-8,11,13,20,23H,9-10,12H2. The zero-order valence-corrected chi connectivity index (χ0v) is 14.2. The summed E-state index contributed by atoms with van der Waals surface area (Å²) in [5.41, 5.74) is 4.13. The molecule has 0 spiro atoms. The van der Waals surface area contributed by atoms with Gasteiger partial charge in [-0.1, -0.05) is 46.3 Å². The summed E-state index contributed by atoms with van der Waals surface area (Å²) in [5.74, 6) is 0. The van der Waals surface area contributed by atoms with Crippen molar-refractivity contribution in [1.29, 1.82) is 0 Å². The summed E-state index contributed by atoms with van der Waals surface area (Å²) in [6.07, 6.45) is 2.04. The number of aliphatic hydroxyl groups excluding tert-OH is 1. The molecule has 2 aromatic carbocycles. The van der Waals surface area contributed by atoms with Crippen molar-refractivity contribution in [1.82, 2.24) is 15.1 Å². The molecule has 0 bridgehead atoms. The highest BCUT2D eigenvalue weighted by molar-refractivity contribution is 9.10. The molecule has 1 aromatic heterocycles. The maximum atomic E-state index is 8.96. The molecule has 1 heterocycles. The Balaban J connectivity index is 2.00. The highest BCUT2D eigenvalue weighted by atomic mass is 79.9. The van der Waals surface area contributed by atoms with E-state index in [9.17, 15) is 0 Å². The molecule has 2 N–H and O–H groups in total. The Morgan fingerprint density at radius 1 is 1.09 bits per heavy atom. The summed E-state index contributed by atoms with van der Waals surface area (Å²) in [7, 11) is 0. The number of aromatic nitrogens is 2. The van der Waals surface area contributed by atoms with Crippen LogP contribution in [0.1, 0.15) is 5.56 Å². The summed E-state index contributed by atoms with van der Waals surface area (Å²) in [6.45, 7) is 1.35. The first-order valence-electron chi connectivity index (χ1n) is 7.49. The number of rotatable bonds is 6. The fourth-order valence-corrected chi connectivity index (χ4v) is 2.83. The number of aliphatic hydroxyl groups is 1. The third-order valence-corrected chi connectivity index (χ3v) is 4.01. The molecule has 23 heavy (non-hydrogen) atoms. The molecule has 118 valence electrons. The third-order valence-electron chi connectivity index (χ3n) is 3.51. The summed E-state index contributed by atoms with van der Waals surface area (Å²) in [6, 6.07) is 18.2. The highest BCUT2D eigenvalue weighted by Crippen LogP contribution is 2.26. The van der Waals surface area contributed by atoms with Gasteiger partial charge < -0.3 is 10.4 Å². The predicted octanol–water partition coefficient (Wildman–Crippen LogP) is 3.38. The van der Waals surface area contributed by atoms with Crippen LogP contribution in [0.15, 0.2) is 65.3 Å². The second-order valence-electron chi connectivity index (χ2n) is 5.19. The zero-order valence-electron chi connectivity index (χ0n) is 12.6. The molecule has 0 fully saturated rings. The fraction of sp³-hybridized carbons (Fsp3) is 0.167. The van der Waals surface area contributed by atoms with Crippen molar-refractivity contribution in [3.63, 3.8) is 0 Å². The molecule has 3 aromatic rings. The molecule has 0 saturated heterocycles. The van der Waals surface area contributed by atoms with Gasteiger partial charge in [0, 0.05) is 34.9 Å². The number of hydrogen-bond donors (Lipinski definition) is 2. The summed E-state index contributed by atoms with van der Waals surface area (Å²) in [5, 5.41) is 17.0. The molecule has 0 unspecified atom stereocenters. The lowest BCUT2D eigenvalue weighted by atomic mass is 10.1. The lowest BCUT2D eigenvalue weighted by molar-refractivity contribution is 0.292. The molecule has 3 rings (SSSR count). The Hall–Kier alpha value is -1.95. The van der Waals surface area contributed by atoms with Crippen LogP contribution in [0, 0.1) is 0 Å². The van der Waals surface area contributed by atoms with Crippen LogP contribution >= 0.6 is 15.9 Å². The summed E-state index contributed by atoms with van der Waals surface area (Å²) >= 11 is 3.52. The van der Waals surface area contributed by atoms with Gasteiger partial charge in [0.15, 0.2) is 0 Å². The molecule has 0 atom stereocenters. The van der Waals surface area contributed by atoms with E-state index >= 15 is 0 Å². The SMILES string of the molecule is OCCNCc1cn(-c2ccccc2)nc1-c1cccc(Br)c1. The Bertz CT molecular complexity index is 771. The van der Waals surface area contributed by atoms with Gasteiger partial charge in [-0.05, 0) is 24.3 Å². The maximum Gasteiger partial charge on any atom is 0.0972 e. The van der Waals surface area contributed by atoms with Crippen LogP contribution in [0.2, 0.25) is 0 Å². The van der Waals surface area contributed by atoms with Gasteiger partial charge in [0.2, 0.25) is 0 Å². The average Bonchev–Trinajstić information content (AvgIpc) is 3.00. The quantitative estimate of drug-likeness (QED) is 0.653. The normalized spacial score (nSPS) is 10.9.